The highest BCUT2D eigenvalue weighted by molar-refractivity contribution is 9.14. The number of nitrogens with zero attached hydrogens (tertiary/aromatic N) is 2. The maximum Gasteiger partial charge on any atom is 0.150 e. The highest BCUT2D eigenvalue weighted by atomic mass is 79.9. The van der Waals surface area contributed by atoms with Gasteiger partial charge in [-0.3, -0.25) is 0 Å². The summed E-state index contributed by atoms with van der Waals surface area (Å²) in [5, 5.41) is 7.45. The summed E-state index contributed by atoms with van der Waals surface area (Å²) in [5.74, 6) is 0. The molecule has 0 amide bonds. The highest BCUT2D eigenvalue weighted by Crippen LogP contribution is 2.35. The molecule has 2 aromatic rings. The molecule has 0 spiro atoms. The van der Waals surface area contributed by atoms with Crippen LogP contribution in [0.2, 0.25) is 0 Å². The molecule has 3 nitrogen and oxygen atoms in total. The van der Waals surface area contributed by atoms with E-state index >= 15 is 0 Å². The van der Waals surface area contributed by atoms with E-state index in [9.17, 15) is 0 Å². The van der Waals surface area contributed by atoms with Crippen molar-refractivity contribution in [2.75, 3.05) is 0 Å². The quantitative estimate of drug-likeness (QED) is 0.678. The van der Waals surface area contributed by atoms with Crippen LogP contribution in [0.5, 0.6) is 0 Å². The third-order valence-electron chi connectivity index (χ3n) is 1.39. The summed E-state index contributed by atoms with van der Waals surface area (Å²) in [6, 6.07) is 1.83. The van der Waals surface area contributed by atoms with Crippen LogP contribution >= 0.6 is 47.8 Å². The Morgan fingerprint density at radius 3 is 2.58 bits per heavy atom. The van der Waals surface area contributed by atoms with Crippen molar-refractivity contribution in [2.24, 2.45) is 0 Å². The van der Waals surface area contributed by atoms with E-state index in [1.807, 2.05) is 6.07 Å². The molecule has 12 heavy (non-hydrogen) atoms. The number of benzene rings is 1. The zero-order valence-electron chi connectivity index (χ0n) is 5.51. The first kappa shape index (κ1) is 8.65. The van der Waals surface area contributed by atoms with Crippen LogP contribution in [0, 0.1) is 0 Å². The van der Waals surface area contributed by atoms with Crippen molar-refractivity contribution in [1.29, 1.82) is 0 Å². The van der Waals surface area contributed by atoms with Crippen LogP contribution in [0.3, 0.4) is 0 Å². The second-order valence-electron chi connectivity index (χ2n) is 2.12. The fraction of sp³-hybridized carbons (Fsp3) is 0. The second-order valence-corrected chi connectivity index (χ2v) is 4.56. The second kappa shape index (κ2) is 3.08. The van der Waals surface area contributed by atoms with E-state index in [1.54, 1.807) is 0 Å². The van der Waals surface area contributed by atoms with Crippen LogP contribution in [0.25, 0.3) is 11.0 Å². The van der Waals surface area contributed by atoms with Gasteiger partial charge in [-0.2, -0.15) is 0 Å². The minimum Gasteiger partial charge on any atom is -0.243 e. The minimum absolute atomic E-state index is 0.713. The molecular weight excluding hydrogens is 356 g/mol. The fourth-order valence-corrected chi connectivity index (χ4v) is 2.31. The van der Waals surface area contributed by atoms with Crippen molar-refractivity contribution in [3.05, 3.63) is 19.5 Å². The Kier molecular flexibility index (Phi) is 2.22. The Morgan fingerprint density at radius 2 is 1.83 bits per heavy atom. The van der Waals surface area contributed by atoms with Gasteiger partial charge in [0, 0.05) is 8.95 Å². The van der Waals surface area contributed by atoms with Gasteiger partial charge in [-0.1, -0.05) is 0 Å². The van der Waals surface area contributed by atoms with Crippen molar-refractivity contribution in [1.82, 2.24) is 10.3 Å². The molecule has 0 radical (unpaired) electrons. The van der Waals surface area contributed by atoms with Gasteiger partial charge >= 0.3 is 0 Å². The zero-order chi connectivity index (χ0) is 8.72. The summed E-state index contributed by atoms with van der Waals surface area (Å²) in [7, 11) is 0. The van der Waals surface area contributed by atoms with E-state index < -0.39 is 0 Å². The largest absolute Gasteiger partial charge is 0.243 e. The molecule has 0 aliphatic rings. The Bertz CT molecular complexity index is 440. The molecule has 0 N–H and O–H groups in total. The lowest BCUT2D eigenvalue weighted by atomic mass is 10.3. The first-order valence-corrected chi connectivity index (χ1v) is 5.34. The lowest BCUT2D eigenvalue weighted by Crippen LogP contribution is -1.76. The Balaban J connectivity index is 2.94. The molecule has 0 aliphatic heterocycles. The van der Waals surface area contributed by atoms with Crippen LogP contribution < -0.4 is 0 Å². The predicted molar refractivity (Wildman–Crippen MR) is 54.9 cm³/mol. The molecule has 1 heterocycles. The number of fused-ring (bicyclic) bond motifs is 1. The summed E-state index contributed by atoms with van der Waals surface area (Å²) in [6.45, 7) is 0. The monoisotopic (exact) mass is 354 g/mol. The first-order chi connectivity index (χ1) is 5.70. The molecule has 0 aliphatic carbocycles. The number of aromatic nitrogens is 2. The molecule has 0 unspecified atom stereocenters. The normalized spacial score (nSPS) is 10.9. The third kappa shape index (κ3) is 1.22. The fourth-order valence-electron chi connectivity index (χ4n) is 0.835. The Labute approximate surface area is 92.9 Å². The number of hydrogen-bond acceptors (Lipinski definition) is 3. The lowest BCUT2D eigenvalue weighted by molar-refractivity contribution is 0.315. The van der Waals surface area contributed by atoms with Crippen LogP contribution in [0.15, 0.2) is 24.1 Å². The zero-order valence-corrected chi connectivity index (χ0v) is 10.3. The van der Waals surface area contributed by atoms with Gasteiger partial charge in [-0.05, 0) is 64.2 Å². The molecule has 2 rings (SSSR count). The van der Waals surface area contributed by atoms with E-state index in [4.69, 9.17) is 0 Å². The molecule has 0 saturated heterocycles. The topological polar surface area (TPSA) is 38.9 Å². The smallest absolute Gasteiger partial charge is 0.150 e. The molecule has 62 valence electrons. The average molecular weight is 357 g/mol. The SMILES string of the molecule is Brc1cc2nonc2c(Br)c1Br. The summed E-state index contributed by atoms with van der Waals surface area (Å²) >= 11 is 10.1. The number of hydrogen-bond donors (Lipinski definition) is 0. The maximum atomic E-state index is 4.58. The van der Waals surface area contributed by atoms with E-state index in [2.05, 4.69) is 62.7 Å². The summed E-state index contributed by atoms with van der Waals surface area (Å²) in [5.41, 5.74) is 1.43. The molecule has 6 heteroatoms. The van der Waals surface area contributed by atoms with Crippen molar-refractivity contribution < 1.29 is 4.63 Å². The average Bonchev–Trinajstić information content (AvgIpc) is 2.48. The maximum absolute atomic E-state index is 4.58. The molecule has 0 saturated carbocycles. The van der Waals surface area contributed by atoms with Gasteiger partial charge in [-0.15, -0.1) is 0 Å². The standard InChI is InChI=1S/C6HBr3N2O/c7-2-1-3-6(11-12-10-3)5(9)4(2)8/h1H. The number of halogens is 3. The van der Waals surface area contributed by atoms with Crippen molar-refractivity contribution in [3.8, 4) is 0 Å². The van der Waals surface area contributed by atoms with Gasteiger partial charge in [0.2, 0.25) is 0 Å². The van der Waals surface area contributed by atoms with Gasteiger partial charge < -0.3 is 0 Å². The van der Waals surface area contributed by atoms with E-state index in [0.717, 1.165) is 18.9 Å². The predicted octanol–water partition coefficient (Wildman–Crippen LogP) is 3.51. The first-order valence-electron chi connectivity index (χ1n) is 2.96. The molecule has 0 bridgehead atoms. The van der Waals surface area contributed by atoms with Crippen LogP contribution in [0.1, 0.15) is 0 Å². The Morgan fingerprint density at radius 1 is 1.08 bits per heavy atom. The van der Waals surface area contributed by atoms with Crippen molar-refractivity contribution in [3.63, 3.8) is 0 Å². The van der Waals surface area contributed by atoms with E-state index in [-0.39, 0.29) is 0 Å². The molecule has 1 aromatic heterocycles. The lowest BCUT2D eigenvalue weighted by Gasteiger charge is -1.97. The van der Waals surface area contributed by atoms with Crippen LogP contribution in [0.4, 0.5) is 0 Å². The van der Waals surface area contributed by atoms with Crippen molar-refractivity contribution in [2.45, 2.75) is 0 Å². The van der Waals surface area contributed by atoms with Crippen LogP contribution in [-0.4, -0.2) is 10.3 Å². The Hall–Kier alpha value is 0.0600. The van der Waals surface area contributed by atoms with Gasteiger partial charge in [0.15, 0.2) is 5.52 Å². The summed E-state index contributed by atoms with van der Waals surface area (Å²) < 4.78 is 7.25. The van der Waals surface area contributed by atoms with Gasteiger partial charge in [0.25, 0.3) is 0 Å². The molecule has 1 aromatic carbocycles. The molecule has 0 atom stereocenters. The summed E-state index contributed by atoms with van der Waals surface area (Å²) in [6.07, 6.45) is 0. The van der Waals surface area contributed by atoms with Crippen LogP contribution in [-0.2, 0) is 0 Å². The van der Waals surface area contributed by atoms with Crippen molar-refractivity contribution >= 4 is 58.8 Å². The minimum atomic E-state index is 0.713. The summed E-state index contributed by atoms with van der Waals surface area (Å²) in [4.78, 5) is 0. The molecule has 0 fully saturated rings. The van der Waals surface area contributed by atoms with E-state index in [1.165, 1.54) is 0 Å². The third-order valence-corrected chi connectivity index (χ3v) is 4.67. The van der Waals surface area contributed by atoms with E-state index in [0.29, 0.717) is 5.52 Å². The van der Waals surface area contributed by atoms with Gasteiger partial charge in [0.05, 0.1) is 4.47 Å². The van der Waals surface area contributed by atoms with Gasteiger partial charge in [-0.25, -0.2) is 4.63 Å². The number of rotatable bonds is 0. The van der Waals surface area contributed by atoms with Gasteiger partial charge in [0.1, 0.15) is 5.52 Å². The molecular formula is C6HBr3N2O. The highest BCUT2D eigenvalue weighted by Gasteiger charge is 2.11.